The quantitative estimate of drug-likeness (QED) is 0.603. The molecule has 0 N–H and O–H groups in total. The summed E-state index contributed by atoms with van der Waals surface area (Å²) >= 11 is 8.79. The summed E-state index contributed by atoms with van der Waals surface area (Å²) in [6, 6.07) is 0.633. The SMILES string of the molecule is O=C1CC(CBr)CN1c1nc(Cl)cc(C(F)(F)F)n1. The summed E-state index contributed by atoms with van der Waals surface area (Å²) in [4.78, 5) is 19.9. The zero-order valence-corrected chi connectivity index (χ0v) is 11.8. The van der Waals surface area contributed by atoms with Gasteiger partial charge in [-0.3, -0.25) is 9.69 Å². The van der Waals surface area contributed by atoms with E-state index in [9.17, 15) is 18.0 Å². The Morgan fingerprint density at radius 2 is 2.16 bits per heavy atom. The van der Waals surface area contributed by atoms with Gasteiger partial charge in [0, 0.05) is 24.4 Å². The third kappa shape index (κ3) is 3.17. The number of anilines is 1. The van der Waals surface area contributed by atoms with Crippen molar-refractivity contribution in [2.45, 2.75) is 12.6 Å². The maximum atomic E-state index is 12.6. The van der Waals surface area contributed by atoms with Crippen LogP contribution >= 0.6 is 27.5 Å². The molecule has 1 aromatic rings. The van der Waals surface area contributed by atoms with Crippen molar-refractivity contribution in [2.24, 2.45) is 5.92 Å². The largest absolute Gasteiger partial charge is 0.433 e. The number of alkyl halides is 4. The average Bonchev–Trinajstić information content (AvgIpc) is 2.68. The summed E-state index contributed by atoms with van der Waals surface area (Å²) < 4.78 is 37.8. The summed E-state index contributed by atoms with van der Waals surface area (Å²) in [6.07, 6.45) is -4.37. The van der Waals surface area contributed by atoms with Gasteiger partial charge in [-0.1, -0.05) is 27.5 Å². The predicted molar refractivity (Wildman–Crippen MR) is 66.3 cm³/mol. The van der Waals surface area contributed by atoms with Crippen molar-refractivity contribution in [3.8, 4) is 0 Å². The highest BCUT2D eigenvalue weighted by molar-refractivity contribution is 9.09. The van der Waals surface area contributed by atoms with E-state index in [0.29, 0.717) is 11.4 Å². The molecule has 0 radical (unpaired) electrons. The van der Waals surface area contributed by atoms with Gasteiger partial charge >= 0.3 is 6.18 Å². The number of amides is 1. The normalized spacial score (nSPS) is 20.2. The summed E-state index contributed by atoms with van der Waals surface area (Å²) in [7, 11) is 0. The molecular weight excluding hydrogens is 350 g/mol. The number of rotatable bonds is 2. The van der Waals surface area contributed by atoms with Crippen LogP contribution in [0.15, 0.2) is 6.07 Å². The highest BCUT2D eigenvalue weighted by atomic mass is 79.9. The van der Waals surface area contributed by atoms with E-state index < -0.39 is 11.9 Å². The number of halogens is 5. The van der Waals surface area contributed by atoms with E-state index in [4.69, 9.17) is 11.6 Å². The van der Waals surface area contributed by atoms with E-state index in [1.54, 1.807) is 0 Å². The lowest BCUT2D eigenvalue weighted by molar-refractivity contribution is -0.141. The molecule has 4 nitrogen and oxygen atoms in total. The molecule has 1 atom stereocenters. The number of aromatic nitrogens is 2. The maximum Gasteiger partial charge on any atom is 0.433 e. The highest BCUT2D eigenvalue weighted by Gasteiger charge is 2.36. The van der Waals surface area contributed by atoms with Crippen molar-refractivity contribution >= 4 is 39.4 Å². The van der Waals surface area contributed by atoms with Crippen LogP contribution in [0.1, 0.15) is 12.1 Å². The Morgan fingerprint density at radius 1 is 1.47 bits per heavy atom. The third-order valence-electron chi connectivity index (χ3n) is 2.64. The van der Waals surface area contributed by atoms with E-state index in [2.05, 4.69) is 25.9 Å². The molecule has 0 aliphatic carbocycles. The molecule has 0 saturated carbocycles. The van der Waals surface area contributed by atoms with Crippen LogP contribution in [0.5, 0.6) is 0 Å². The Kier molecular flexibility index (Phi) is 4.00. The fourth-order valence-electron chi connectivity index (χ4n) is 1.75. The molecule has 104 valence electrons. The fourth-order valence-corrected chi connectivity index (χ4v) is 2.36. The zero-order chi connectivity index (χ0) is 14.2. The standard InChI is InChI=1S/C10H8BrClF3N3O/c11-3-5-1-8(19)18(4-5)9-16-6(10(13,14)15)2-7(12)17-9/h2,5H,1,3-4H2. The summed E-state index contributed by atoms with van der Waals surface area (Å²) in [5.74, 6) is -0.572. The van der Waals surface area contributed by atoms with Crippen molar-refractivity contribution in [1.29, 1.82) is 0 Å². The Balaban J connectivity index is 2.35. The van der Waals surface area contributed by atoms with E-state index in [1.807, 2.05) is 0 Å². The van der Waals surface area contributed by atoms with Crippen molar-refractivity contribution < 1.29 is 18.0 Å². The zero-order valence-electron chi connectivity index (χ0n) is 9.42. The molecule has 2 heterocycles. The molecule has 1 saturated heterocycles. The molecule has 1 aromatic heterocycles. The van der Waals surface area contributed by atoms with Gasteiger partial charge in [0.05, 0.1) is 0 Å². The number of nitrogens with zero attached hydrogens (tertiary/aromatic N) is 3. The molecule has 9 heteroatoms. The second kappa shape index (κ2) is 5.24. The number of carbonyl (C=O) groups excluding carboxylic acids is 1. The van der Waals surface area contributed by atoms with Gasteiger partial charge in [-0.05, 0) is 5.92 Å². The Morgan fingerprint density at radius 3 is 2.68 bits per heavy atom. The molecule has 1 amide bonds. The molecule has 2 rings (SSSR count). The van der Waals surface area contributed by atoms with Gasteiger partial charge in [-0.25, -0.2) is 9.97 Å². The topological polar surface area (TPSA) is 46.1 Å². The molecule has 19 heavy (non-hydrogen) atoms. The Labute approximate surface area is 120 Å². The molecule has 0 bridgehead atoms. The second-order valence-corrected chi connectivity index (χ2v) is 5.14. The van der Waals surface area contributed by atoms with Crippen LogP contribution in [-0.4, -0.2) is 27.7 Å². The smallest absolute Gasteiger partial charge is 0.280 e. The van der Waals surface area contributed by atoms with E-state index >= 15 is 0 Å². The van der Waals surface area contributed by atoms with Gasteiger partial charge in [-0.2, -0.15) is 13.2 Å². The molecule has 1 aliphatic heterocycles. The van der Waals surface area contributed by atoms with Crippen molar-refractivity contribution in [3.63, 3.8) is 0 Å². The summed E-state index contributed by atoms with van der Waals surface area (Å²) in [5.41, 5.74) is -1.16. The molecular formula is C10H8BrClF3N3O. The number of hydrogen-bond acceptors (Lipinski definition) is 3. The van der Waals surface area contributed by atoms with E-state index in [-0.39, 0.29) is 35.9 Å². The number of carbonyl (C=O) groups is 1. The van der Waals surface area contributed by atoms with Crippen molar-refractivity contribution in [2.75, 3.05) is 16.8 Å². The first-order chi connectivity index (χ1) is 8.81. The predicted octanol–water partition coefficient (Wildman–Crippen LogP) is 2.90. The van der Waals surface area contributed by atoms with Gasteiger partial charge in [0.2, 0.25) is 11.9 Å². The number of hydrogen-bond donors (Lipinski definition) is 0. The van der Waals surface area contributed by atoms with E-state index in [1.165, 1.54) is 0 Å². The van der Waals surface area contributed by atoms with Crippen LogP contribution in [0, 0.1) is 5.92 Å². The summed E-state index contributed by atoms with van der Waals surface area (Å²) in [5, 5.41) is 0.245. The first-order valence-electron chi connectivity index (χ1n) is 5.29. The van der Waals surface area contributed by atoms with E-state index in [0.717, 1.165) is 4.90 Å². The van der Waals surface area contributed by atoms with Gasteiger partial charge < -0.3 is 0 Å². The lowest BCUT2D eigenvalue weighted by Crippen LogP contribution is -2.27. The lowest BCUT2D eigenvalue weighted by Gasteiger charge is -2.16. The highest BCUT2D eigenvalue weighted by Crippen LogP contribution is 2.31. The minimum atomic E-state index is -4.63. The minimum absolute atomic E-state index is 0.0319. The average molecular weight is 359 g/mol. The third-order valence-corrected chi connectivity index (χ3v) is 3.75. The van der Waals surface area contributed by atoms with Gasteiger partial charge in [0.25, 0.3) is 0 Å². The van der Waals surface area contributed by atoms with Crippen LogP contribution < -0.4 is 4.90 Å². The van der Waals surface area contributed by atoms with Crippen LogP contribution in [0.2, 0.25) is 5.15 Å². The first kappa shape index (κ1) is 14.5. The van der Waals surface area contributed by atoms with Crippen molar-refractivity contribution in [1.82, 2.24) is 9.97 Å². The molecule has 1 aliphatic rings. The molecule has 0 aromatic carbocycles. The van der Waals surface area contributed by atoms with Gasteiger partial charge in [0.1, 0.15) is 5.15 Å². The summed E-state index contributed by atoms with van der Waals surface area (Å²) in [6.45, 7) is 0.279. The maximum absolute atomic E-state index is 12.6. The fraction of sp³-hybridized carbons (Fsp3) is 0.500. The van der Waals surface area contributed by atoms with Crippen LogP contribution in [-0.2, 0) is 11.0 Å². The van der Waals surface area contributed by atoms with Crippen LogP contribution in [0.25, 0.3) is 0 Å². The minimum Gasteiger partial charge on any atom is -0.280 e. The Bertz CT molecular complexity index is 511. The second-order valence-electron chi connectivity index (χ2n) is 4.10. The first-order valence-corrected chi connectivity index (χ1v) is 6.79. The van der Waals surface area contributed by atoms with Crippen LogP contribution in [0.3, 0.4) is 0 Å². The molecule has 1 unspecified atom stereocenters. The van der Waals surface area contributed by atoms with Gasteiger partial charge in [0.15, 0.2) is 5.69 Å². The van der Waals surface area contributed by atoms with Crippen LogP contribution in [0.4, 0.5) is 19.1 Å². The molecule has 1 fully saturated rings. The molecule has 0 spiro atoms. The van der Waals surface area contributed by atoms with Crippen molar-refractivity contribution in [3.05, 3.63) is 16.9 Å². The van der Waals surface area contributed by atoms with Gasteiger partial charge in [-0.15, -0.1) is 0 Å². The Hall–Kier alpha value is -0.890. The monoisotopic (exact) mass is 357 g/mol. The lowest BCUT2D eigenvalue weighted by atomic mass is 10.2.